The number of morpholine rings is 1. The van der Waals surface area contributed by atoms with Crippen molar-refractivity contribution < 1.29 is 14.3 Å². The van der Waals surface area contributed by atoms with E-state index in [1.54, 1.807) is 17.0 Å². The van der Waals surface area contributed by atoms with Gasteiger partial charge in [0.25, 0.3) is 0 Å². The summed E-state index contributed by atoms with van der Waals surface area (Å²) in [6, 6.07) is 7.01. The van der Waals surface area contributed by atoms with Crippen molar-refractivity contribution in [1.82, 2.24) is 4.90 Å². The van der Waals surface area contributed by atoms with Gasteiger partial charge in [-0.25, -0.2) is 4.79 Å². The van der Waals surface area contributed by atoms with Gasteiger partial charge in [-0.1, -0.05) is 25.1 Å². The van der Waals surface area contributed by atoms with Crippen LogP contribution in [-0.4, -0.2) is 42.6 Å². The number of carbonyl (C=O) groups excluding carboxylic acids is 2. The molecule has 1 aliphatic rings. The number of rotatable bonds is 4. The SMILES string of the molecule is CC[C@H]1CN(C(=O)Nc2ccccc2CC(N)=O)CCO1. The summed E-state index contributed by atoms with van der Waals surface area (Å²) in [5.74, 6) is -0.422. The Morgan fingerprint density at radius 3 is 2.90 bits per heavy atom. The van der Waals surface area contributed by atoms with Crippen LogP contribution in [0.1, 0.15) is 18.9 Å². The molecular weight excluding hydrogens is 270 g/mol. The maximum atomic E-state index is 12.3. The lowest BCUT2D eigenvalue weighted by Crippen LogP contribution is -2.47. The van der Waals surface area contributed by atoms with Gasteiger partial charge in [-0.2, -0.15) is 0 Å². The van der Waals surface area contributed by atoms with Crippen LogP contribution in [0.25, 0.3) is 0 Å². The van der Waals surface area contributed by atoms with Gasteiger partial charge in [0, 0.05) is 18.8 Å². The van der Waals surface area contributed by atoms with Crippen LogP contribution in [0.15, 0.2) is 24.3 Å². The van der Waals surface area contributed by atoms with E-state index in [4.69, 9.17) is 10.5 Å². The molecule has 2 rings (SSSR count). The molecule has 0 bridgehead atoms. The molecule has 0 aromatic heterocycles. The Bertz CT molecular complexity index is 519. The minimum atomic E-state index is -0.422. The average molecular weight is 291 g/mol. The third kappa shape index (κ3) is 4.19. The number of nitrogens with zero attached hydrogens (tertiary/aromatic N) is 1. The molecular formula is C15H21N3O3. The van der Waals surface area contributed by atoms with Crippen LogP contribution in [0.2, 0.25) is 0 Å². The molecule has 1 aromatic rings. The number of carbonyl (C=O) groups is 2. The second-order valence-corrected chi connectivity index (χ2v) is 5.08. The first-order valence-electron chi connectivity index (χ1n) is 7.14. The number of amides is 3. The average Bonchev–Trinajstić information content (AvgIpc) is 2.48. The largest absolute Gasteiger partial charge is 0.375 e. The van der Waals surface area contributed by atoms with E-state index in [9.17, 15) is 9.59 Å². The summed E-state index contributed by atoms with van der Waals surface area (Å²) in [4.78, 5) is 25.1. The molecule has 1 atom stereocenters. The zero-order valence-corrected chi connectivity index (χ0v) is 12.2. The summed E-state index contributed by atoms with van der Waals surface area (Å²) in [6.45, 7) is 3.74. The van der Waals surface area contributed by atoms with Crippen molar-refractivity contribution in [1.29, 1.82) is 0 Å². The Hall–Kier alpha value is -2.08. The molecule has 21 heavy (non-hydrogen) atoms. The molecule has 114 valence electrons. The Labute approximate surface area is 124 Å². The fourth-order valence-electron chi connectivity index (χ4n) is 2.33. The predicted molar refractivity (Wildman–Crippen MR) is 80.0 cm³/mol. The Morgan fingerprint density at radius 1 is 1.43 bits per heavy atom. The first kappa shape index (κ1) is 15.3. The Morgan fingerprint density at radius 2 is 2.19 bits per heavy atom. The highest BCUT2D eigenvalue weighted by atomic mass is 16.5. The molecule has 1 heterocycles. The predicted octanol–water partition coefficient (Wildman–Crippen LogP) is 1.36. The molecule has 1 fully saturated rings. The van der Waals surface area contributed by atoms with Crippen molar-refractivity contribution in [3.8, 4) is 0 Å². The smallest absolute Gasteiger partial charge is 0.322 e. The van der Waals surface area contributed by atoms with Gasteiger partial charge < -0.3 is 20.7 Å². The monoisotopic (exact) mass is 291 g/mol. The highest BCUT2D eigenvalue weighted by Crippen LogP contribution is 2.17. The van der Waals surface area contributed by atoms with E-state index in [1.807, 2.05) is 19.1 Å². The van der Waals surface area contributed by atoms with Crippen LogP contribution in [0.5, 0.6) is 0 Å². The van der Waals surface area contributed by atoms with Gasteiger partial charge in [-0.05, 0) is 18.1 Å². The van der Waals surface area contributed by atoms with Crippen LogP contribution in [0, 0.1) is 0 Å². The number of benzene rings is 1. The van der Waals surface area contributed by atoms with E-state index in [2.05, 4.69) is 5.32 Å². The molecule has 6 nitrogen and oxygen atoms in total. The lowest BCUT2D eigenvalue weighted by Gasteiger charge is -2.32. The minimum absolute atomic E-state index is 0.0883. The van der Waals surface area contributed by atoms with Crippen LogP contribution in [-0.2, 0) is 16.0 Å². The summed E-state index contributed by atoms with van der Waals surface area (Å²) < 4.78 is 5.55. The molecule has 1 aromatic carbocycles. The normalized spacial score (nSPS) is 18.3. The number of anilines is 1. The summed E-state index contributed by atoms with van der Waals surface area (Å²) in [5.41, 5.74) is 6.57. The van der Waals surface area contributed by atoms with Crippen LogP contribution in [0.4, 0.5) is 10.5 Å². The number of hydrogen-bond acceptors (Lipinski definition) is 3. The summed E-state index contributed by atoms with van der Waals surface area (Å²) in [7, 11) is 0. The molecule has 0 radical (unpaired) electrons. The molecule has 0 saturated carbocycles. The van der Waals surface area contributed by atoms with Gasteiger partial charge >= 0.3 is 6.03 Å². The standard InChI is InChI=1S/C15H21N3O3/c1-2-12-10-18(7-8-21-12)15(20)17-13-6-4-3-5-11(13)9-14(16)19/h3-6,12H,2,7-10H2,1H3,(H2,16,19)(H,17,20)/t12-/m0/s1. The number of ether oxygens (including phenoxy) is 1. The molecule has 1 aliphatic heterocycles. The molecule has 3 N–H and O–H groups in total. The van der Waals surface area contributed by atoms with Crippen LogP contribution in [0.3, 0.4) is 0 Å². The van der Waals surface area contributed by atoms with E-state index in [0.717, 1.165) is 12.0 Å². The summed E-state index contributed by atoms with van der Waals surface area (Å²) in [5, 5.41) is 2.85. The number of primary amides is 1. The zero-order valence-electron chi connectivity index (χ0n) is 12.2. The van der Waals surface area contributed by atoms with Crippen molar-refractivity contribution in [3.63, 3.8) is 0 Å². The van der Waals surface area contributed by atoms with E-state index < -0.39 is 5.91 Å². The fraction of sp³-hybridized carbons (Fsp3) is 0.467. The van der Waals surface area contributed by atoms with E-state index in [1.165, 1.54) is 0 Å². The van der Waals surface area contributed by atoms with Crippen molar-refractivity contribution in [2.75, 3.05) is 25.0 Å². The van der Waals surface area contributed by atoms with Gasteiger partial charge in [-0.3, -0.25) is 4.79 Å². The minimum Gasteiger partial charge on any atom is -0.375 e. The highest BCUT2D eigenvalue weighted by Gasteiger charge is 2.23. The highest BCUT2D eigenvalue weighted by molar-refractivity contribution is 5.91. The Kier molecular flexibility index (Phi) is 5.16. The second-order valence-electron chi connectivity index (χ2n) is 5.08. The molecule has 0 unspecified atom stereocenters. The molecule has 1 saturated heterocycles. The summed E-state index contributed by atoms with van der Waals surface area (Å²) in [6.07, 6.45) is 1.07. The Balaban J connectivity index is 2.04. The molecule has 6 heteroatoms. The molecule has 0 aliphatic carbocycles. The third-order valence-electron chi connectivity index (χ3n) is 3.50. The molecule has 3 amide bonds. The maximum absolute atomic E-state index is 12.3. The van der Waals surface area contributed by atoms with E-state index in [0.29, 0.717) is 25.4 Å². The van der Waals surface area contributed by atoms with Gasteiger partial charge in [0.05, 0.1) is 19.1 Å². The zero-order chi connectivity index (χ0) is 15.2. The van der Waals surface area contributed by atoms with Crippen molar-refractivity contribution >= 4 is 17.6 Å². The lowest BCUT2D eigenvalue weighted by molar-refractivity contribution is -0.117. The van der Waals surface area contributed by atoms with Crippen molar-refractivity contribution in [3.05, 3.63) is 29.8 Å². The van der Waals surface area contributed by atoms with Gasteiger partial charge in [0.15, 0.2) is 0 Å². The fourth-order valence-corrected chi connectivity index (χ4v) is 2.33. The second kappa shape index (κ2) is 7.08. The quantitative estimate of drug-likeness (QED) is 0.878. The van der Waals surface area contributed by atoms with E-state index >= 15 is 0 Å². The van der Waals surface area contributed by atoms with E-state index in [-0.39, 0.29) is 18.6 Å². The third-order valence-corrected chi connectivity index (χ3v) is 3.50. The van der Waals surface area contributed by atoms with Gasteiger partial charge in [0.1, 0.15) is 0 Å². The summed E-state index contributed by atoms with van der Waals surface area (Å²) >= 11 is 0. The van der Waals surface area contributed by atoms with Crippen LogP contribution < -0.4 is 11.1 Å². The van der Waals surface area contributed by atoms with Gasteiger partial charge in [0.2, 0.25) is 5.91 Å². The number of hydrogen-bond donors (Lipinski definition) is 2. The topological polar surface area (TPSA) is 84.7 Å². The maximum Gasteiger partial charge on any atom is 0.322 e. The first-order chi connectivity index (χ1) is 10.1. The van der Waals surface area contributed by atoms with Crippen LogP contribution >= 0.6 is 0 Å². The number of para-hydroxylation sites is 1. The lowest BCUT2D eigenvalue weighted by atomic mass is 10.1. The number of urea groups is 1. The molecule has 0 spiro atoms. The van der Waals surface area contributed by atoms with Crippen molar-refractivity contribution in [2.24, 2.45) is 5.73 Å². The van der Waals surface area contributed by atoms with Gasteiger partial charge in [-0.15, -0.1) is 0 Å². The number of nitrogens with one attached hydrogen (secondary N) is 1. The first-order valence-corrected chi connectivity index (χ1v) is 7.14. The van der Waals surface area contributed by atoms with Crippen molar-refractivity contribution in [2.45, 2.75) is 25.9 Å². The number of nitrogens with two attached hydrogens (primary N) is 1.